The van der Waals surface area contributed by atoms with Gasteiger partial charge in [0, 0.05) is 13.1 Å². The Morgan fingerprint density at radius 3 is 2.32 bits per heavy atom. The Labute approximate surface area is 125 Å². The van der Waals surface area contributed by atoms with Crippen molar-refractivity contribution in [3.63, 3.8) is 0 Å². The van der Waals surface area contributed by atoms with Gasteiger partial charge in [0.1, 0.15) is 5.75 Å². The second-order valence-electron chi connectivity index (χ2n) is 5.41. The lowest BCUT2D eigenvalue weighted by molar-refractivity contribution is 0.157. The zero-order valence-corrected chi connectivity index (χ0v) is 14.9. The Hall–Kier alpha value is -0.813. The standard InChI is InChI=1S/C14H22BrNO2Si/c1-6-16(7-2)14(17)18-13-11(15)9-8-10-12(13)19(3,4)5/h8-10H,6-7H2,1-5H3. The number of hydrogen-bond donors (Lipinski definition) is 0. The van der Waals surface area contributed by atoms with Gasteiger partial charge in [-0.3, -0.25) is 0 Å². The lowest BCUT2D eigenvalue weighted by Crippen LogP contribution is -2.41. The summed E-state index contributed by atoms with van der Waals surface area (Å²) in [6.45, 7) is 11.9. The largest absolute Gasteiger partial charge is 0.415 e. The van der Waals surface area contributed by atoms with Crippen molar-refractivity contribution in [2.24, 2.45) is 0 Å². The molecular weight excluding hydrogens is 322 g/mol. The molecule has 0 fully saturated rings. The van der Waals surface area contributed by atoms with Crippen molar-refractivity contribution >= 4 is 35.3 Å². The highest BCUT2D eigenvalue weighted by Crippen LogP contribution is 2.25. The third-order valence-corrected chi connectivity index (χ3v) is 5.62. The van der Waals surface area contributed by atoms with Gasteiger partial charge in [-0.15, -0.1) is 0 Å². The molecule has 1 aromatic rings. The van der Waals surface area contributed by atoms with E-state index in [0.29, 0.717) is 18.8 Å². The molecule has 1 amide bonds. The van der Waals surface area contributed by atoms with Crippen LogP contribution in [-0.2, 0) is 0 Å². The van der Waals surface area contributed by atoms with Crippen LogP contribution in [0.5, 0.6) is 5.75 Å². The van der Waals surface area contributed by atoms with E-state index < -0.39 is 8.07 Å². The molecule has 19 heavy (non-hydrogen) atoms. The minimum atomic E-state index is -1.56. The Balaban J connectivity index is 3.10. The maximum atomic E-state index is 12.1. The third kappa shape index (κ3) is 4.08. The van der Waals surface area contributed by atoms with Gasteiger partial charge in [-0.2, -0.15) is 0 Å². The molecule has 0 N–H and O–H groups in total. The Bertz CT molecular complexity index is 453. The Kier molecular flexibility index (Phi) is 5.61. The molecule has 0 saturated heterocycles. The number of hydrogen-bond acceptors (Lipinski definition) is 2. The van der Waals surface area contributed by atoms with E-state index in [2.05, 4.69) is 41.6 Å². The SMILES string of the molecule is CCN(CC)C(=O)Oc1c(Br)cccc1[Si](C)(C)C. The topological polar surface area (TPSA) is 29.5 Å². The van der Waals surface area contributed by atoms with Crippen molar-refractivity contribution in [3.05, 3.63) is 22.7 Å². The number of halogens is 1. The van der Waals surface area contributed by atoms with Crippen LogP contribution in [0.4, 0.5) is 4.79 Å². The molecule has 0 aliphatic rings. The highest BCUT2D eigenvalue weighted by Gasteiger charge is 2.25. The normalized spacial score (nSPS) is 11.3. The van der Waals surface area contributed by atoms with Gasteiger partial charge in [-0.25, -0.2) is 4.79 Å². The average molecular weight is 344 g/mol. The minimum Gasteiger partial charge on any atom is -0.409 e. The Morgan fingerprint density at radius 1 is 1.26 bits per heavy atom. The van der Waals surface area contributed by atoms with E-state index in [9.17, 15) is 4.79 Å². The van der Waals surface area contributed by atoms with Crippen LogP contribution in [0.2, 0.25) is 19.6 Å². The molecule has 0 aromatic heterocycles. The van der Waals surface area contributed by atoms with Gasteiger partial charge in [-0.1, -0.05) is 31.8 Å². The van der Waals surface area contributed by atoms with Gasteiger partial charge in [0.15, 0.2) is 0 Å². The van der Waals surface area contributed by atoms with Crippen LogP contribution in [0.25, 0.3) is 0 Å². The first kappa shape index (κ1) is 16.2. The van der Waals surface area contributed by atoms with Gasteiger partial charge >= 0.3 is 6.09 Å². The van der Waals surface area contributed by atoms with E-state index in [1.165, 1.54) is 0 Å². The van der Waals surface area contributed by atoms with Gasteiger partial charge in [0.2, 0.25) is 0 Å². The average Bonchev–Trinajstić information content (AvgIpc) is 2.32. The van der Waals surface area contributed by atoms with Gasteiger partial charge in [-0.05, 0) is 41.0 Å². The molecule has 3 nitrogen and oxygen atoms in total. The van der Waals surface area contributed by atoms with Gasteiger partial charge in [0.05, 0.1) is 12.5 Å². The molecule has 0 radical (unpaired) electrons. The first-order chi connectivity index (χ1) is 8.81. The fourth-order valence-corrected chi connectivity index (χ4v) is 3.93. The second-order valence-corrected chi connectivity index (χ2v) is 11.3. The fourth-order valence-electron chi connectivity index (χ4n) is 1.84. The molecule has 0 bridgehead atoms. The summed E-state index contributed by atoms with van der Waals surface area (Å²) in [6, 6.07) is 5.96. The molecule has 0 heterocycles. The van der Waals surface area contributed by atoms with Crippen LogP contribution in [0, 0.1) is 0 Å². The highest BCUT2D eigenvalue weighted by atomic mass is 79.9. The van der Waals surface area contributed by atoms with Crippen LogP contribution >= 0.6 is 15.9 Å². The van der Waals surface area contributed by atoms with Crippen LogP contribution in [0.15, 0.2) is 22.7 Å². The molecule has 1 rings (SSSR count). The van der Waals surface area contributed by atoms with Gasteiger partial charge in [0.25, 0.3) is 0 Å². The molecule has 1 aromatic carbocycles. The summed E-state index contributed by atoms with van der Waals surface area (Å²) in [7, 11) is -1.56. The zero-order valence-electron chi connectivity index (χ0n) is 12.3. The summed E-state index contributed by atoms with van der Waals surface area (Å²) in [5, 5.41) is 1.15. The summed E-state index contributed by atoms with van der Waals surface area (Å²) < 4.78 is 6.46. The molecule has 0 unspecified atom stereocenters. The first-order valence-electron chi connectivity index (χ1n) is 6.57. The van der Waals surface area contributed by atoms with E-state index in [-0.39, 0.29) is 6.09 Å². The number of para-hydroxylation sites is 1. The van der Waals surface area contributed by atoms with Crippen LogP contribution in [0.3, 0.4) is 0 Å². The highest BCUT2D eigenvalue weighted by molar-refractivity contribution is 9.10. The van der Waals surface area contributed by atoms with Crippen molar-refractivity contribution in [2.75, 3.05) is 13.1 Å². The number of rotatable bonds is 4. The monoisotopic (exact) mass is 343 g/mol. The summed E-state index contributed by atoms with van der Waals surface area (Å²) >= 11 is 3.49. The summed E-state index contributed by atoms with van der Waals surface area (Å²) in [5.41, 5.74) is 0. The van der Waals surface area contributed by atoms with Crippen molar-refractivity contribution < 1.29 is 9.53 Å². The number of nitrogens with zero attached hydrogens (tertiary/aromatic N) is 1. The van der Waals surface area contributed by atoms with Crippen LogP contribution in [-0.4, -0.2) is 32.2 Å². The zero-order chi connectivity index (χ0) is 14.6. The van der Waals surface area contributed by atoms with E-state index in [1.54, 1.807) is 4.90 Å². The quantitative estimate of drug-likeness (QED) is 0.777. The van der Waals surface area contributed by atoms with Crippen LogP contribution in [0.1, 0.15) is 13.8 Å². The maximum Gasteiger partial charge on any atom is 0.415 e. The van der Waals surface area contributed by atoms with Crippen molar-refractivity contribution in [1.82, 2.24) is 4.90 Å². The molecule has 0 saturated carbocycles. The molecule has 0 spiro atoms. The van der Waals surface area contributed by atoms with Gasteiger partial charge < -0.3 is 9.64 Å². The summed E-state index contributed by atoms with van der Waals surface area (Å²) in [5.74, 6) is 0.679. The molecule has 0 atom stereocenters. The summed E-state index contributed by atoms with van der Waals surface area (Å²) in [6.07, 6.45) is -0.281. The number of carbonyl (C=O) groups is 1. The third-order valence-electron chi connectivity index (χ3n) is 2.99. The first-order valence-corrected chi connectivity index (χ1v) is 10.9. The van der Waals surface area contributed by atoms with E-state index >= 15 is 0 Å². The molecule has 5 heteroatoms. The predicted molar refractivity (Wildman–Crippen MR) is 86.1 cm³/mol. The number of benzene rings is 1. The summed E-state index contributed by atoms with van der Waals surface area (Å²) in [4.78, 5) is 13.8. The number of ether oxygens (including phenoxy) is 1. The van der Waals surface area contributed by atoms with E-state index in [0.717, 1.165) is 9.66 Å². The Morgan fingerprint density at radius 2 is 1.84 bits per heavy atom. The number of carbonyl (C=O) groups excluding carboxylic acids is 1. The second kappa shape index (κ2) is 6.57. The minimum absolute atomic E-state index is 0.281. The van der Waals surface area contributed by atoms with Crippen LogP contribution < -0.4 is 9.92 Å². The molecule has 0 aliphatic heterocycles. The van der Waals surface area contributed by atoms with E-state index in [4.69, 9.17) is 4.74 Å². The van der Waals surface area contributed by atoms with Crippen molar-refractivity contribution in [1.29, 1.82) is 0 Å². The smallest absolute Gasteiger partial charge is 0.409 e. The molecule has 0 aliphatic carbocycles. The van der Waals surface area contributed by atoms with Crippen molar-refractivity contribution in [3.8, 4) is 5.75 Å². The lowest BCUT2D eigenvalue weighted by atomic mass is 10.3. The predicted octanol–water partition coefficient (Wildman–Crippen LogP) is 3.83. The fraction of sp³-hybridized carbons (Fsp3) is 0.500. The van der Waals surface area contributed by atoms with E-state index in [1.807, 2.05) is 26.0 Å². The molecular formula is C14H22BrNO2Si. The molecule has 106 valence electrons. The number of amides is 1. The lowest BCUT2D eigenvalue weighted by Gasteiger charge is -2.24. The maximum absolute atomic E-state index is 12.1. The van der Waals surface area contributed by atoms with Crippen molar-refractivity contribution in [2.45, 2.75) is 33.5 Å².